The summed E-state index contributed by atoms with van der Waals surface area (Å²) in [5, 5.41) is 0.248. The molecule has 0 fully saturated rings. The van der Waals surface area contributed by atoms with Crippen molar-refractivity contribution in [3.63, 3.8) is 0 Å². The molecule has 0 aliphatic heterocycles. The summed E-state index contributed by atoms with van der Waals surface area (Å²) in [6, 6.07) is 0. The lowest BCUT2D eigenvalue weighted by molar-refractivity contribution is -0.117. The maximum atomic E-state index is 10.9. The average molecular weight is 230 g/mol. The van der Waals surface area contributed by atoms with E-state index in [-0.39, 0.29) is 16.9 Å². The molecule has 0 aromatic heterocycles. The molecule has 15 heavy (non-hydrogen) atoms. The van der Waals surface area contributed by atoms with E-state index in [9.17, 15) is 4.79 Å². The molecule has 0 aliphatic carbocycles. The van der Waals surface area contributed by atoms with Gasteiger partial charge in [-0.1, -0.05) is 20.8 Å². The Labute approximate surface area is 95.5 Å². The van der Waals surface area contributed by atoms with Crippen molar-refractivity contribution in [1.29, 1.82) is 0 Å². The van der Waals surface area contributed by atoms with Crippen LogP contribution in [0.1, 0.15) is 47.5 Å². The highest BCUT2D eigenvalue weighted by atomic mass is 28.4. The lowest BCUT2D eigenvalue weighted by Gasteiger charge is -2.38. The monoisotopic (exact) mass is 230 g/mol. The lowest BCUT2D eigenvalue weighted by atomic mass is 10.2. The maximum absolute atomic E-state index is 10.9. The van der Waals surface area contributed by atoms with Crippen LogP contribution >= 0.6 is 0 Å². The predicted octanol–water partition coefficient (Wildman–Crippen LogP) is 3.77. The van der Waals surface area contributed by atoms with E-state index in [1.54, 1.807) is 6.92 Å². The van der Waals surface area contributed by atoms with E-state index in [1.807, 2.05) is 0 Å². The molecule has 0 saturated heterocycles. The standard InChI is InChI=1S/C12H26O2Si/c1-10(13)8-9-11(2)14-15(6,7)12(3,4)5/h11H,8-9H2,1-7H3/t11-/m0/s1. The van der Waals surface area contributed by atoms with Crippen LogP contribution in [0.5, 0.6) is 0 Å². The molecule has 0 bridgehead atoms. The molecule has 0 aromatic rings. The normalized spacial score (nSPS) is 15.1. The number of ketones is 1. The molecule has 0 N–H and O–H groups in total. The Balaban J connectivity index is 4.16. The van der Waals surface area contributed by atoms with Crippen LogP contribution in [0.2, 0.25) is 18.1 Å². The highest BCUT2D eigenvalue weighted by Crippen LogP contribution is 2.37. The molecule has 0 spiro atoms. The molecular weight excluding hydrogens is 204 g/mol. The second-order valence-electron chi connectivity index (χ2n) is 5.93. The third-order valence-electron chi connectivity index (χ3n) is 3.20. The van der Waals surface area contributed by atoms with Gasteiger partial charge in [0.1, 0.15) is 5.78 Å². The zero-order valence-electron chi connectivity index (χ0n) is 11.3. The van der Waals surface area contributed by atoms with Gasteiger partial charge >= 0.3 is 0 Å². The summed E-state index contributed by atoms with van der Waals surface area (Å²) in [7, 11) is -1.65. The van der Waals surface area contributed by atoms with Crippen LogP contribution in [0.4, 0.5) is 0 Å². The third-order valence-corrected chi connectivity index (χ3v) is 7.81. The molecule has 90 valence electrons. The van der Waals surface area contributed by atoms with Crippen LogP contribution < -0.4 is 0 Å². The third kappa shape index (κ3) is 5.47. The van der Waals surface area contributed by atoms with Crippen molar-refractivity contribution in [2.24, 2.45) is 0 Å². The van der Waals surface area contributed by atoms with Crippen LogP contribution in [-0.4, -0.2) is 20.2 Å². The average Bonchev–Trinajstić information content (AvgIpc) is 1.97. The Morgan fingerprint density at radius 1 is 1.33 bits per heavy atom. The number of rotatable bonds is 5. The molecule has 0 aliphatic rings. The number of carbonyl (C=O) groups excluding carboxylic acids is 1. The summed E-state index contributed by atoms with van der Waals surface area (Å²) in [5.74, 6) is 0.251. The quantitative estimate of drug-likeness (QED) is 0.672. The van der Waals surface area contributed by atoms with Crippen molar-refractivity contribution in [2.45, 2.75) is 71.7 Å². The van der Waals surface area contributed by atoms with Crippen LogP contribution in [0, 0.1) is 0 Å². The van der Waals surface area contributed by atoms with Crippen LogP contribution in [0.3, 0.4) is 0 Å². The Hall–Kier alpha value is -0.153. The summed E-state index contributed by atoms with van der Waals surface area (Å²) in [4.78, 5) is 10.9. The molecule has 0 unspecified atom stereocenters. The molecule has 1 atom stereocenters. The Morgan fingerprint density at radius 2 is 1.80 bits per heavy atom. The summed E-state index contributed by atoms with van der Waals surface area (Å²) < 4.78 is 6.14. The number of hydrogen-bond donors (Lipinski definition) is 0. The van der Waals surface area contributed by atoms with Crippen LogP contribution in [0.25, 0.3) is 0 Å². The molecule has 0 rings (SSSR count). The van der Waals surface area contributed by atoms with E-state index in [2.05, 4.69) is 40.8 Å². The molecular formula is C12H26O2Si. The molecule has 0 aromatic carbocycles. The van der Waals surface area contributed by atoms with Gasteiger partial charge in [0.15, 0.2) is 8.32 Å². The number of Topliss-reactive ketones (excluding diaryl/α,β-unsaturated/α-hetero) is 1. The molecule has 0 saturated carbocycles. The molecule has 0 heterocycles. The van der Waals surface area contributed by atoms with Gasteiger partial charge in [-0.15, -0.1) is 0 Å². The minimum absolute atomic E-state index is 0.204. The smallest absolute Gasteiger partial charge is 0.192 e. The van der Waals surface area contributed by atoms with E-state index in [0.29, 0.717) is 6.42 Å². The van der Waals surface area contributed by atoms with Gasteiger partial charge < -0.3 is 9.22 Å². The first-order chi connectivity index (χ1) is 6.56. The molecule has 0 radical (unpaired) electrons. The molecule has 3 heteroatoms. The van der Waals surface area contributed by atoms with Crippen molar-refractivity contribution >= 4 is 14.1 Å². The SMILES string of the molecule is CC(=O)CC[C@H](C)O[Si](C)(C)C(C)(C)C. The minimum atomic E-state index is -1.65. The van der Waals surface area contributed by atoms with Gasteiger partial charge in [0.25, 0.3) is 0 Å². The maximum Gasteiger partial charge on any atom is 0.192 e. The van der Waals surface area contributed by atoms with Crippen LogP contribution in [0.15, 0.2) is 0 Å². The van der Waals surface area contributed by atoms with E-state index < -0.39 is 8.32 Å². The van der Waals surface area contributed by atoms with Gasteiger partial charge in [0.05, 0.1) is 0 Å². The van der Waals surface area contributed by atoms with E-state index in [0.717, 1.165) is 6.42 Å². The van der Waals surface area contributed by atoms with Crippen molar-refractivity contribution < 1.29 is 9.22 Å². The van der Waals surface area contributed by atoms with Gasteiger partial charge in [0.2, 0.25) is 0 Å². The second-order valence-corrected chi connectivity index (χ2v) is 10.7. The van der Waals surface area contributed by atoms with Gasteiger partial charge in [0, 0.05) is 12.5 Å². The van der Waals surface area contributed by atoms with Gasteiger partial charge in [-0.3, -0.25) is 0 Å². The van der Waals surface area contributed by atoms with Crippen molar-refractivity contribution in [3.05, 3.63) is 0 Å². The van der Waals surface area contributed by atoms with Crippen molar-refractivity contribution in [3.8, 4) is 0 Å². The summed E-state index contributed by atoms with van der Waals surface area (Å²) in [6.07, 6.45) is 1.69. The Kier molecular flexibility index (Phi) is 5.20. The fraction of sp³-hybridized carbons (Fsp3) is 0.917. The number of carbonyl (C=O) groups is 1. The highest BCUT2D eigenvalue weighted by molar-refractivity contribution is 6.74. The van der Waals surface area contributed by atoms with Crippen molar-refractivity contribution in [2.75, 3.05) is 0 Å². The van der Waals surface area contributed by atoms with Gasteiger partial charge in [-0.2, -0.15) is 0 Å². The minimum Gasteiger partial charge on any atom is -0.414 e. The molecule has 2 nitrogen and oxygen atoms in total. The largest absolute Gasteiger partial charge is 0.414 e. The summed E-state index contributed by atoms with van der Waals surface area (Å²) in [6.45, 7) is 14.9. The number of hydrogen-bond acceptors (Lipinski definition) is 2. The fourth-order valence-electron chi connectivity index (χ4n) is 1.15. The first-order valence-electron chi connectivity index (χ1n) is 5.73. The van der Waals surface area contributed by atoms with E-state index >= 15 is 0 Å². The highest BCUT2D eigenvalue weighted by Gasteiger charge is 2.38. The van der Waals surface area contributed by atoms with Gasteiger partial charge in [-0.05, 0) is 38.4 Å². The Bertz CT molecular complexity index is 216. The van der Waals surface area contributed by atoms with Crippen LogP contribution in [-0.2, 0) is 9.22 Å². The van der Waals surface area contributed by atoms with Crippen molar-refractivity contribution in [1.82, 2.24) is 0 Å². The molecule has 0 amide bonds. The van der Waals surface area contributed by atoms with Gasteiger partial charge in [-0.25, -0.2) is 0 Å². The lowest BCUT2D eigenvalue weighted by Crippen LogP contribution is -2.43. The predicted molar refractivity (Wildman–Crippen MR) is 67.7 cm³/mol. The van der Waals surface area contributed by atoms with E-state index in [4.69, 9.17) is 4.43 Å². The zero-order valence-corrected chi connectivity index (χ0v) is 12.3. The zero-order chi connectivity index (χ0) is 12.3. The fourth-order valence-corrected chi connectivity index (χ4v) is 2.62. The van der Waals surface area contributed by atoms with E-state index in [1.165, 1.54) is 0 Å². The second kappa shape index (κ2) is 5.26. The summed E-state index contributed by atoms with van der Waals surface area (Å²) in [5.41, 5.74) is 0. The first-order valence-corrected chi connectivity index (χ1v) is 8.64. The first kappa shape index (κ1) is 14.8. The topological polar surface area (TPSA) is 26.3 Å². The Morgan fingerprint density at radius 3 is 2.13 bits per heavy atom. The summed E-state index contributed by atoms with van der Waals surface area (Å²) >= 11 is 0.